The first-order chi connectivity index (χ1) is 11.8. The average Bonchev–Trinajstić information content (AvgIpc) is 2.94. The molecule has 0 aliphatic heterocycles. The molecule has 0 fully saturated rings. The smallest absolute Gasteiger partial charge is 0.227 e. The highest BCUT2D eigenvalue weighted by atomic mass is 79.9. The molecule has 0 radical (unpaired) electrons. The van der Waals surface area contributed by atoms with Gasteiger partial charge in [-0.3, -0.25) is 4.79 Å². The van der Waals surface area contributed by atoms with Gasteiger partial charge in [0.1, 0.15) is 5.82 Å². The molecule has 5 nitrogen and oxygen atoms in total. The highest BCUT2D eigenvalue weighted by molar-refractivity contribution is 9.10. The van der Waals surface area contributed by atoms with E-state index in [-0.39, 0.29) is 17.1 Å². The first-order valence-corrected chi connectivity index (χ1v) is 10.4. The summed E-state index contributed by atoms with van der Waals surface area (Å²) in [4.78, 5) is 16.3. The molecule has 130 valence electrons. The van der Waals surface area contributed by atoms with Crippen molar-refractivity contribution in [3.8, 4) is 0 Å². The third kappa shape index (κ3) is 4.42. The molecule has 1 amide bonds. The lowest BCUT2D eigenvalue weighted by molar-refractivity contribution is -0.115. The van der Waals surface area contributed by atoms with E-state index >= 15 is 0 Å². The average molecular weight is 443 g/mol. The van der Waals surface area contributed by atoms with Crippen molar-refractivity contribution in [3.63, 3.8) is 0 Å². The van der Waals surface area contributed by atoms with Gasteiger partial charge in [0.2, 0.25) is 5.91 Å². The van der Waals surface area contributed by atoms with Gasteiger partial charge >= 0.3 is 0 Å². The Morgan fingerprint density at radius 3 is 2.64 bits per heavy atom. The predicted octanol–water partition coefficient (Wildman–Crippen LogP) is 4.00. The van der Waals surface area contributed by atoms with E-state index < -0.39 is 21.6 Å². The fourth-order valence-electron chi connectivity index (χ4n) is 2.12. The molecule has 3 aromatic rings. The molecule has 0 saturated carbocycles. The van der Waals surface area contributed by atoms with E-state index in [0.29, 0.717) is 5.13 Å². The highest BCUT2D eigenvalue weighted by Crippen LogP contribution is 2.28. The quantitative estimate of drug-likeness (QED) is 0.605. The zero-order valence-electron chi connectivity index (χ0n) is 12.7. The van der Waals surface area contributed by atoms with Crippen molar-refractivity contribution in [1.82, 2.24) is 4.98 Å². The second kappa shape index (κ2) is 7.19. The number of fused-ring (bicyclic) bond motifs is 1. The normalized spacial score (nSPS) is 11.6. The van der Waals surface area contributed by atoms with Gasteiger partial charge < -0.3 is 5.32 Å². The second-order valence-electron chi connectivity index (χ2n) is 5.20. The molecule has 2 aromatic carbocycles. The SMILES string of the molecule is O=C(CCS(=O)(=O)c1ccc(F)cc1)Nc1nc2ccc(Br)cc2s1. The van der Waals surface area contributed by atoms with Gasteiger partial charge in [-0.25, -0.2) is 17.8 Å². The van der Waals surface area contributed by atoms with E-state index in [9.17, 15) is 17.6 Å². The maximum Gasteiger partial charge on any atom is 0.227 e. The van der Waals surface area contributed by atoms with Crippen molar-refractivity contribution in [2.24, 2.45) is 0 Å². The number of carbonyl (C=O) groups is 1. The van der Waals surface area contributed by atoms with Crippen LogP contribution < -0.4 is 5.32 Å². The van der Waals surface area contributed by atoms with Crippen molar-refractivity contribution in [3.05, 3.63) is 52.8 Å². The van der Waals surface area contributed by atoms with Gasteiger partial charge in [0.25, 0.3) is 0 Å². The van der Waals surface area contributed by atoms with E-state index in [1.165, 1.54) is 23.5 Å². The molecule has 3 rings (SSSR count). The fourth-order valence-corrected chi connectivity index (χ4v) is 4.80. The summed E-state index contributed by atoms with van der Waals surface area (Å²) < 4.78 is 39.0. The number of nitrogens with one attached hydrogen (secondary N) is 1. The monoisotopic (exact) mass is 442 g/mol. The molecule has 0 bridgehead atoms. The Hall–Kier alpha value is -1.84. The molecule has 25 heavy (non-hydrogen) atoms. The van der Waals surface area contributed by atoms with E-state index in [2.05, 4.69) is 26.2 Å². The number of benzene rings is 2. The summed E-state index contributed by atoms with van der Waals surface area (Å²) in [5.74, 6) is -1.32. The first kappa shape index (κ1) is 18.0. The summed E-state index contributed by atoms with van der Waals surface area (Å²) in [6.07, 6.45) is -0.209. The minimum Gasteiger partial charge on any atom is -0.302 e. The van der Waals surface area contributed by atoms with Crippen LogP contribution in [-0.4, -0.2) is 25.1 Å². The Morgan fingerprint density at radius 2 is 1.92 bits per heavy atom. The maximum atomic E-state index is 12.9. The van der Waals surface area contributed by atoms with Crippen LogP contribution in [0.1, 0.15) is 6.42 Å². The van der Waals surface area contributed by atoms with Gasteiger partial charge in [-0.15, -0.1) is 0 Å². The molecule has 0 spiro atoms. The first-order valence-electron chi connectivity index (χ1n) is 7.18. The van der Waals surface area contributed by atoms with E-state index in [1.54, 1.807) is 0 Å². The summed E-state index contributed by atoms with van der Waals surface area (Å²) in [6, 6.07) is 10.1. The maximum absolute atomic E-state index is 12.9. The van der Waals surface area contributed by atoms with Crippen LogP contribution in [0.3, 0.4) is 0 Å². The summed E-state index contributed by atoms with van der Waals surface area (Å²) in [5.41, 5.74) is 0.752. The van der Waals surface area contributed by atoms with Crippen LogP contribution in [0, 0.1) is 5.82 Å². The molecule has 0 saturated heterocycles. The third-order valence-corrected chi connectivity index (χ3v) is 6.53. The summed E-state index contributed by atoms with van der Waals surface area (Å²) in [7, 11) is -3.65. The number of rotatable bonds is 5. The summed E-state index contributed by atoms with van der Waals surface area (Å²) >= 11 is 4.67. The van der Waals surface area contributed by atoms with Crippen LogP contribution in [0.2, 0.25) is 0 Å². The van der Waals surface area contributed by atoms with Crippen LogP contribution in [-0.2, 0) is 14.6 Å². The Balaban J connectivity index is 1.64. The van der Waals surface area contributed by atoms with E-state index in [4.69, 9.17) is 0 Å². The minimum atomic E-state index is -3.65. The molecule has 1 aromatic heterocycles. The molecule has 0 aliphatic carbocycles. The third-order valence-electron chi connectivity index (χ3n) is 3.37. The zero-order chi connectivity index (χ0) is 18.0. The Morgan fingerprint density at radius 1 is 1.20 bits per heavy atom. The van der Waals surface area contributed by atoms with Crippen molar-refractivity contribution >= 4 is 58.4 Å². The Kier molecular flexibility index (Phi) is 5.16. The van der Waals surface area contributed by atoms with Gasteiger partial charge in [0, 0.05) is 10.9 Å². The van der Waals surface area contributed by atoms with Gasteiger partial charge in [0.05, 0.1) is 20.9 Å². The number of amides is 1. The number of carbonyl (C=O) groups excluding carboxylic acids is 1. The van der Waals surface area contributed by atoms with E-state index in [0.717, 1.165) is 26.8 Å². The lowest BCUT2D eigenvalue weighted by Crippen LogP contribution is -2.17. The van der Waals surface area contributed by atoms with Gasteiger partial charge in [0.15, 0.2) is 15.0 Å². The molecule has 0 atom stereocenters. The van der Waals surface area contributed by atoms with Crippen LogP contribution in [0.15, 0.2) is 51.8 Å². The fraction of sp³-hybridized carbons (Fsp3) is 0.125. The largest absolute Gasteiger partial charge is 0.302 e. The number of anilines is 1. The van der Waals surface area contributed by atoms with Crippen LogP contribution in [0.25, 0.3) is 10.2 Å². The molecule has 1 N–H and O–H groups in total. The topological polar surface area (TPSA) is 76.1 Å². The van der Waals surface area contributed by atoms with Gasteiger partial charge in [-0.05, 0) is 42.5 Å². The molecule has 1 heterocycles. The van der Waals surface area contributed by atoms with Crippen molar-refractivity contribution in [2.75, 3.05) is 11.1 Å². The number of thiazole rings is 1. The number of hydrogen-bond acceptors (Lipinski definition) is 5. The molecular formula is C16H12BrFN2O3S2. The van der Waals surface area contributed by atoms with E-state index in [1.807, 2.05) is 18.2 Å². The summed E-state index contributed by atoms with van der Waals surface area (Å²) in [5, 5.41) is 3.03. The Labute approximate surface area is 155 Å². The minimum absolute atomic E-state index is 0.00784. The molecule has 0 aliphatic rings. The number of aromatic nitrogens is 1. The highest BCUT2D eigenvalue weighted by Gasteiger charge is 2.17. The van der Waals surface area contributed by atoms with Crippen molar-refractivity contribution < 1.29 is 17.6 Å². The van der Waals surface area contributed by atoms with Crippen molar-refractivity contribution in [2.45, 2.75) is 11.3 Å². The van der Waals surface area contributed by atoms with Crippen LogP contribution in [0.5, 0.6) is 0 Å². The van der Waals surface area contributed by atoms with Gasteiger partial charge in [-0.1, -0.05) is 27.3 Å². The van der Waals surface area contributed by atoms with Crippen LogP contribution >= 0.6 is 27.3 Å². The van der Waals surface area contributed by atoms with Gasteiger partial charge in [-0.2, -0.15) is 0 Å². The summed E-state index contributed by atoms with van der Waals surface area (Å²) in [6.45, 7) is 0. The number of nitrogens with zero attached hydrogens (tertiary/aromatic N) is 1. The number of sulfone groups is 1. The van der Waals surface area contributed by atoms with Crippen molar-refractivity contribution in [1.29, 1.82) is 0 Å². The Bertz CT molecular complexity index is 1030. The van der Waals surface area contributed by atoms with Crippen LogP contribution in [0.4, 0.5) is 9.52 Å². The lowest BCUT2D eigenvalue weighted by Gasteiger charge is -2.04. The standard InChI is InChI=1S/C16H12BrFN2O3S2/c17-10-1-6-13-14(9-10)24-16(19-13)20-15(21)7-8-25(22,23)12-4-2-11(18)3-5-12/h1-6,9H,7-8H2,(H,19,20,21). The number of halogens is 2. The second-order valence-corrected chi connectivity index (χ2v) is 9.26. The molecule has 0 unspecified atom stereocenters. The lowest BCUT2D eigenvalue weighted by atomic mass is 10.3. The zero-order valence-corrected chi connectivity index (χ0v) is 15.9. The molecular weight excluding hydrogens is 431 g/mol. The molecule has 9 heteroatoms. The predicted molar refractivity (Wildman–Crippen MR) is 99.0 cm³/mol. The number of hydrogen-bond donors (Lipinski definition) is 1.